The zero-order valence-electron chi connectivity index (χ0n) is 19.0. The summed E-state index contributed by atoms with van der Waals surface area (Å²) in [5.74, 6) is 0.460. The van der Waals surface area contributed by atoms with E-state index in [1.807, 2.05) is 18.2 Å². The minimum atomic E-state index is -0.487. The van der Waals surface area contributed by atoms with E-state index in [0.29, 0.717) is 43.8 Å². The highest BCUT2D eigenvalue weighted by Gasteiger charge is 2.41. The third-order valence-electron chi connectivity index (χ3n) is 6.83. The number of carbonyl (C=O) groups is 1. The van der Waals surface area contributed by atoms with Crippen molar-refractivity contribution < 1.29 is 18.7 Å². The third-order valence-corrected chi connectivity index (χ3v) is 6.83. The van der Waals surface area contributed by atoms with Gasteiger partial charge in [0.25, 0.3) is 0 Å². The summed E-state index contributed by atoms with van der Waals surface area (Å²) in [5.41, 5.74) is 2.17. The van der Waals surface area contributed by atoms with Gasteiger partial charge in [-0.25, -0.2) is 4.39 Å². The second-order valence-corrected chi connectivity index (χ2v) is 9.19. The second kappa shape index (κ2) is 10.0. The Kier molecular flexibility index (Phi) is 7.11. The molecule has 2 aliphatic heterocycles. The van der Waals surface area contributed by atoms with Crippen LogP contribution < -0.4 is 10.1 Å². The number of rotatable bonds is 6. The van der Waals surface area contributed by atoms with Crippen molar-refractivity contribution in [2.24, 2.45) is 5.41 Å². The molecule has 5 nitrogen and oxygen atoms in total. The van der Waals surface area contributed by atoms with Crippen LogP contribution in [0.4, 0.5) is 4.39 Å². The molecule has 2 fully saturated rings. The van der Waals surface area contributed by atoms with E-state index in [9.17, 15) is 9.18 Å². The number of halogens is 1. The first-order valence-corrected chi connectivity index (χ1v) is 11.5. The normalized spacial score (nSPS) is 21.2. The third kappa shape index (κ3) is 5.13. The fourth-order valence-corrected chi connectivity index (χ4v) is 5.01. The van der Waals surface area contributed by atoms with Crippen LogP contribution in [-0.2, 0) is 16.0 Å². The highest BCUT2D eigenvalue weighted by Crippen LogP contribution is 2.37. The number of nitrogens with zero attached hydrogens (tertiary/aromatic N) is 1. The molecule has 0 spiro atoms. The van der Waals surface area contributed by atoms with Gasteiger partial charge in [0.15, 0.2) is 0 Å². The molecular formula is C26H33FN2O3. The average Bonchev–Trinajstić information content (AvgIpc) is 2.80. The SMILES string of the molecule is COc1ccc(F)cc1-c1cccc(CC2(C(=O)N[C@@H]3CCCN(C)C3)CCOCC2)c1. The van der Waals surface area contributed by atoms with Gasteiger partial charge in [0, 0.05) is 31.4 Å². The highest BCUT2D eigenvalue weighted by atomic mass is 19.1. The molecule has 1 amide bonds. The van der Waals surface area contributed by atoms with E-state index in [2.05, 4.69) is 23.3 Å². The molecular weight excluding hydrogens is 407 g/mol. The molecule has 0 aromatic heterocycles. The highest BCUT2D eigenvalue weighted by molar-refractivity contribution is 5.83. The summed E-state index contributed by atoms with van der Waals surface area (Å²) in [7, 11) is 3.69. The van der Waals surface area contributed by atoms with E-state index in [1.165, 1.54) is 12.1 Å². The van der Waals surface area contributed by atoms with E-state index in [0.717, 1.165) is 37.1 Å². The Labute approximate surface area is 189 Å². The molecule has 2 saturated heterocycles. The summed E-state index contributed by atoms with van der Waals surface area (Å²) in [6.45, 7) is 3.17. The number of benzene rings is 2. The van der Waals surface area contributed by atoms with Crippen molar-refractivity contribution in [1.82, 2.24) is 10.2 Å². The fourth-order valence-electron chi connectivity index (χ4n) is 5.01. The average molecular weight is 441 g/mol. The van der Waals surface area contributed by atoms with E-state index in [-0.39, 0.29) is 17.8 Å². The Morgan fingerprint density at radius 3 is 2.81 bits per heavy atom. The summed E-state index contributed by atoms with van der Waals surface area (Å²) < 4.78 is 25.0. The van der Waals surface area contributed by atoms with Gasteiger partial charge in [-0.1, -0.05) is 24.3 Å². The van der Waals surface area contributed by atoms with Crippen LogP contribution in [0.2, 0.25) is 0 Å². The van der Waals surface area contributed by atoms with Crippen molar-refractivity contribution >= 4 is 5.91 Å². The lowest BCUT2D eigenvalue weighted by atomic mass is 9.74. The van der Waals surface area contributed by atoms with Crippen LogP contribution in [0.1, 0.15) is 31.2 Å². The zero-order valence-corrected chi connectivity index (χ0v) is 19.0. The first-order chi connectivity index (χ1) is 15.5. The topological polar surface area (TPSA) is 50.8 Å². The number of ether oxygens (including phenoxy) is 2. The van der Waals surface area contributed by atoms with Gasteiger partial charge < -0.3 is 19.7 Å². The zero-order chi connectivity index (χ0) is 22.6. The van der Waals surface area contributed by atoms with Gasteiger partial charge in [-0.3, -0.25) is 4.79 Å². The second-order valence-electron chi connectivity index (χ2n) is 9.19. The van der Waals surface area contributed by atoms with Crippen molar-refractivity contribution in [3.63, 3.8) is 0 Å². The largest absolute Gasteiger partial charge is 0.496 e. The molecule has 1 N–H and O–H groups in total. The van der Waals surface area contributed by atoms with Crippen LogP contribution in [0.5, 0.6) is 5.75 Å². The number of piperidine rings is 1. The van der Waals surface area contributed by atoms with Crippen molar-refractivity contribution in [3.05, 3.63) is 53.8 Å². The maximum atomic E-state index is 13.9. The minimum Gasteiger partial charge on any atom is -0.496 e. The predicted octanol–water partition coefficient (Wildman–Crippen LogP) is 4.05. The van der Waals surface area contributed by atoms with Gasteiger partial charge in [-0.15, -0.1) is 0 Å². The van der Waals surface area contributed by atoms with Crippen LogP contribution in [0.3, 0.4) is 0 Å². The molecule has 2 aliphatic rings. The maximum Gasteiger partial charge on any atom is 0.226 e. The van der Waals surface area contributed by atoms with Gasteiger partial charge in [-0.2, -0.15) is 0 Å². The van der Waals surface area contributed by atoms with Crippen molar-refractivity contribution in [2.75, 3.05) is 40.5 Å². The maximum absolute atomic E-state index is 13.9. The molecule has 32 heavy (non-hydrogen) atoms. The number of hydrogen-bond donors (Lipinski definition) is 1. The standard InChI is InChI=1S/C26H33FN2O3/c1-29-12-4-7-22(18-29)28-25(30)26(10-13-32-14-11-26)17-19-5-3-6-20(15-19)23-16-21(27)8-9-24(23)31-2/h3,5-6,8-9,15-16,22H,4,7,10-14,17-18H2,1-2H3,(H,28,30)/t22-/m1/s1. The van der Waals surface area contributed by atoms with E-state index in [1.54, 1.807) is 13.2 Å². The van der Waals surface area contributed by atoms with Gasteiger partial charge >= 0.3 is 0 Å². The Balaban J connectivity index is 1.58. The smallest absolute Gasteiger partial charge is 0.226 e. The molecule has 2 aromatic rings. The van der Waals surface area contributed by atoms with Gasteiger partial charge in [-0.05, 0) is 75.0 Å². The van der Waals surface area contributed by atoms with Crippen LogP contribution >= 0.6 is 0 Å². The Hall–Kier alpha value is -2.44. The number of hydrogen-bond acceptors (Lipinski definition) is 4. The van der Waals surface area contributed by atoms with Crippen LogP contribution in [-0.4, -0.2) is 57.3 Å². The lowest BCUT2D eigenvalue weighted by Gasteiger charge is -2.39. The van der Waals surface area contributed by atoms with E-state index < -0.39 is 5.41 Å². The quantitative estimate of drug-likeness (QED) is 0.736. The van der Waals surface area contributed by atoms with Crippen molar-refractivity contribution in [3.8, 4) is 16.9 Å². The Morgan fingerprint density at radius 1 is 1.25 bits per heavy atom. The first kappa shape index (κ1) is 22.7. The fraction of sp³-hybridized carbons (Fsp3) is 0.500. The van der Waals surface area contributed by atoms with Gasteiger partial charge in [0.05, 0.1) is 12.5 Å². The molecule has 0 saturated carbocycles. The molecule has 2 heterocycles. The first-order valence-electron chi connectivity index (χ1n) is 11.5. The van der Waals surface area contributed by atoms with Crippen molar-refractivity contribution in [1.29, 1.82) is 0 Å². The number of amides is 1. The minimum absolute atomic E-state index is 0.134. The summed E-state index contributed by atoms with van der Waals surface area (Å²) in [6.07, 6.45) is 4.17. The molecule has 0 radical (unpaired) electrons. The monoisotopic (exact) mass is 440 g/mol. The molecule has 0 bridgehead atoms. The predicted molar refractivity (Wildman–Crippen MR) is 123 cm³/mol. The number of nitrogens with one attached hydrogen (secondary N) is 1. The molecule has 4 rings (SSSR count). The summed E-state index contributed by atoms with van der Waals surface area (Å²) in [6, 6.07) is 12.8. The van der Waals surface area contributed by atoms with Gasteiger partial charge in [0.2, 0.25) is 5.91 Å². The van der Waals surface area contributed by atoms with Crippen LogP contribution in [0.25, 0.3) is 11.1 Å². The van der Waals surface area contributed by atoms with Crippen molar-refractivity contribution in [2.45, 2.75) is 38.1 Å². The van der Waals surface area contributed by atoms with E-state index in [4.69, 9.17) is 9.47 Å². The molecule has 0 aliphatic carbocycles. The molecule has 0 unspecified atom stereocenters. The summed E-state index contributed by atoms with van der Waals surface area (Å²) in [4.78, 5) is 15.8. The van der Waals surface area contributed by atoms with Gasteiger partial charge in [0.1, 0.15) is 11.6 Å². The molecule has 1 atom stereocenters. The molecule has 6 heteroatoms. The number of likely N-dealkylation sites (N-methyl/N-ethyl adjacent to an activating group) is 1. The number of carbonyl (C=O) groups excluding carboxylic acids is 1. The lowest BCUT2D eigenvalue weighted by Crippen LogP contribution is -2.53. The number of likely N-dealkylation sites (tertiary alicyclic amines) is 1. The Bertz CT molecular complexity index is 942. The van der Waals surface area contributed by atoms with Crippen LogP contribution in [0.15, 0.2) is 42.5 Å². The molecule has 172 valence electrons. The number of methoxy groups -OCH3 is 1. The van der Waals surface area contributed by atoms with Crippen LogP contribution in [0, 0.1) is 11.2 Å². The summed E-state index contributed by atoms with van der Waals surface area (Å²) >= 11 is 0. The summed E-state index contributed by atoms with van der Waals surface area (Å²) in [5, 5.41) is 3.35. The lowest BCUT2D eigenvalue weighted by molar-refractivity contribution is -0.137. The van der Waals surface area contributed by atoms with E-state index >= 15 is 0 Å². The molecule has 2 aromatic carbocycles. The Morgan fingerprint density at radius 2 is 2.06 bits per heavy atom.